The predicted octanol–water partition coefficient (Wildman–Crippen LogP) is 2.50. The van der Waals surface area contributed by atoms with Crippen LogP contribution in [0.5, 0.6) is 5.75 Å². The van der Waals surface area contributed by atoms with E-state index in [1.54, 1.807) is 24.3 Å². The molecule has 1 aromatic heterocycles. The van der Waals surface area contributed by atoms with E-state index >= 15 is 0 Å². The Morgan fingerprint density at radius 3 is 2.52 bits per heavy atom. The molecule has 0 unspecified atom stereocenters. The molecule has 0 bridgehead atoms. The highest BCUT2D eigenvalue weighted by Gasteiger charge is 2.21. The molecule has 120 valence electrons. The lowest BCUT2D eigenvalue weighted by atomic mass is 10.3. The number of ether oxygens (including phenoxy) is 1. The quantitative estimate of drug-likeness (QED) is 0.724. The Kier molecular flexibility index (Phi) is 4.01. The van der Waals surface area contributed by atoms with Gasteiger partial charge in [-0.3, -0.25) is 4.55 Å². The maximum absolute atomic E-state index is 12.8. The predicted molar refractivity (Wildman–Crippen MR) is 81.4 cm³/mol. The third-order valence-corrected chi connectivity index (χ3v) is 4.02. The summed E-state index contributed by atoms with van der Waals surface area (Å²) >= 11 is 0. The Bertz CT molecular complexity index is 936. The molecule has 2 aromatic carbocycles. The zero-order chi connectivity index (χ0) is 16.4. The number of fused-ring (bicyclic) bond motifs is 1. The van der Waals surface area contributed by atoms with Crippen molar-refractivity contribution in [1.82, 2.24) is 9.55 Å². The van der Waals surface area contributed by atoms with Crippen LogP contribution in [0.1, 0.15) is 0 Å². The van der Waals surface area contributed by atoms with Gasteiger partial charge in [-0.2, -0.15) is 8.42 Å². The molecule has 0 aliphatic carbocycles. The lowest BCUT2D eigenvalue weighted by Crippen LogP contribution is -2.14. The van der Waals surface area contributed by atoms with Crippen molar-refractivity contribution in [2.75, 3.05) is 6.61 Å². The van der Waals surface area contributed by atoms with E-state index in [0.717, 1.165) is 0 Å². The van der Waals surface area contributed by atoms with E-state index < -0.39 is 15.3 Å². The zero-order valence-electron chi connectivity index (χ0n) is 11.9. The molecule has 3 aromatic rings. The van der Waals surface area contributed by atoms with Gasteiger partial charge in [-0.25, -0.2) is 9.37 Å². The SMILES string of the molecule is O=S(=O)(O)c1nc2ccccc2n1CCOc1ccc(F)cc1. The van der Waals surface area contributed by atoms with Crippen molar-refractivity contribution < 1.29 is 22.1 Å². The van der Waals surface area contributed by atoms with Gasteiger partial charge in [0.25, 0.3) is 5.16 Å². The largest absolute Gasteiger partial charge is 0.492 e. The van der Waals surface area contributed by atoms with Crippen LogP contribution in [0.4, 0.5) is 4.39 Å². The third-order valence-electron chi connectivity index (χ3n) is 3.25. The van der Waals surface area contributed by atoms with E-state index in [2.05, 4.69) is 4.98 Å². The minimum atomic E-state index is -4.45. The van der Waals surface area contributed by atoms with Crippen LogP contribution in [-0.2, 0) is 16.7 Å². The maximum atomic E-state index is 12.8. The van der Waals surface area contributed by atoms with Crippen molar-refractivity contribution in [1.29, 1.82) is 0 Å². The number of rotatable bonds is 5. The van der Waals surface area contributed by atoms with Gasteiger partial charge in [-0.15, -0.1) is 0 Å². The van der Waals surface area contributed by atoms with Crippen LogP contribution in [0.25, 0.3) is 11.0 Å². The Balaban J connectivity index is 1.85. The van der Waals surface area contributed by atoms with E-state index in [0.29, 0.717) is 16.8 Å². The first kappa shape index (κ1) is 15.4. The summed E-state index contributed by atoms with van der Waals surface area (Å²) in [5.41, 5.74) is 1.03. The number of nitrogens with zero attached hydrogens (tertiary/aromatic N) is 2. The fourth-order valence-electron chi connectivity index (χ4n) is 2.25. The molecule has 3 rings (SSSR count). The third kappa shape index (κ3) is 3.33. The van der Waals surface area contributed by atoms with Crippen LogP contribution in [0, 0.1) is 5.82 Å². The molecule has 0 fully saturated rings. The van der Waals surface area contributed by atoms with Crippen LogP contribution < -0.4 is 4.74 Å². The van der Waals surface area contributed by atoms with Gasteiger partial charge in [-0.1, -0.05) is 12.1 Å². The average Bonchev–Trinajstić information content (AvgIpc) is 2.89. The summed E-state index contributed by atoms with van der Waals surface area (Å²) in [6.07, 6.45) is 0. The first-order valence-corrected chi connectivity index (χ1v) is 8.20. The molecule has 0 aliphatic heterocycles. The van der Waals surface area contributed by atoms with Gasteiger partial charge in [0.1, 0.15) is 18.2 Å². The van der Waals surface area contributed by atoms with Gasteiger partial charge >= 0.3 is 10.1 Å². The van der Waals surface area contributed by atoms with Crippen molar-refractivity contribution in [3.05, 3.63) is 54.3 Å². The van der Waals surface area contributed by atoms with Gasteiger partial charge in [0, 0.05) is 0 Å². The first-order chi connectivity index (χ1) is 10.9. The number of aromatic nitrogens is 2. The van der Waals surface area contributed by atoms with Gasteiger partial charge < -0.3 is 9.30 Å². The summed E-state index contributed by atoms with van der Waals surface area (Å²) in [5.74, 6) is 0.0934. The Labute approximate surface area is 131 Å². The summed E-state index contributed by atoms with van der Waals surface area (Å²) in [5, 5.41) is -0.429. The molecule has 23 heavy (non-hydrogen) atoms. The molecule has 0 saturated carbocycles. The van der Waals surface area contributed by atoms with Crippen LogP contribution in [-0.4, -0.2) is 29.1 Å². The Morgan fingerprint density at radius 1 is 1.13 bits per heavy atom. The van der Waals surface area contributed by atoms with Crippen molar-refractivity contribution in [2.45, 2.75) is 11.7 Å². The number of benzene rings is 2. The van der Waals surface area contributed by atoms with Crippen molar-refractivity contribution in [3.8, 4) is 5.75 Å². The van der Waals surface area contributed by atoms with Crippen LogP contribution in [0.3, 0.4) is 0 Å². The molecule has 0 atom stereocenters. The molecule has 8 heteroatoms. The smallest absolute Gasteiger partial charge is 0.328 e. The number of halogens is 1. The molecule has 0 amide bonds. The number of para-hydroxylation sites is 2. The standard InChI is InChI=1S/C15H13FN2O4S/c16-11-5-7-12(8-6-11)22-10-9-18-14-4-2-1-3-13(14)17-15(18)23(19,20)21/h1-8H,9-10H2,(H,19,20,21). The summed E-state index contributed by atoms with van der Waals surface area (Å²) in [4.78, 5) is 3.94. The fraction of sp³-hybridized carbons (Fsp3) is 0.133. The molecule has 1 heterocycles. The lowest BCUT2D eigenvalue weighted by Gasteiger charge is -2.09. The molecular formula is C15H13FN2O4S. The average molecular weight is 336 g/mol. The van der Waals surface area contributed by atoms with Gasteiger partial charge in [0.2, 0.25) is 0 Å². The molecule has 0 spiro atoms. The van der Waals surface area contributed by atoms with Crippen LogP contribution in [0.2, 0.25) is 0 Å². The topological polar surface area (TPSA) is 81.4 Å². The number of imidazole rings is 1. The number of hydrogen-bond acceptors (Lipinski definition) is 4. The Hall–Kier alpha value is -2.45. The van der Waals surface area contributed by atoms with E-state index in [-0.39, 0.29) is 19.0 Å². The highest BCUT2D eigenvalue weighted by atomic mass is 32.2. The second-order valence-corrected chi connectivity index (χ2v) is 6.13. The number of hydrogen-bond donors (Lipinski definition) is 1. The monoisotopic (exact) mass is 336 g/mol. The molecule has 0 saturated heterocycles. The molecule has 0 aliphatic rings. The van der Waals surface area contributed by atoms with E-state index in [1.165, 1.54) is 28.8 Å². The molecule has 0 radical (unpaired) electrons. The van der Waals surface area contributed by atoms with Gasteiger partial charge in [0.05, 0.1) is 17.6 Å². The molecule has 1 N–H and O–H groups in total. The molecule has 6 nitrogen and oxygen atoms in total. The molecular weight excluding hydrogens is 323 g/mol. The second-order valence-electron chi connectivity index (χ2n) is 4.81. The van der Waals surface area contributed by atoms with Gasteiger partial charge in [0.15, 0.2) is 0 Å². The lowest BCUT2D eigenvalue weighted by molar-refractivity contribution is 0.293. The van der Waals surface area contributed by atoms with Crippen LogP contribution >= 0.6 is 0 Å². The minimum absolute atomic E-state index is 0.133. The summed E-state index contributed by atoms with van der Waals surface area (Å²) < 4.78 is 51.9. The van der Waals surface area contributed by atoms with Crippen molar-refractivity contribution in [2.24, 2.45) is 0 Å². The van der Waals surface area contributed by atoms with E-state index in [1.807, 2.05) is 0 Å². The minimum Gasteiger partial charge on any atom is -0.492 e. The first-order valence-electron chi connectivity index (χ1n) is 6.76. The van der Waals surface area contributed by atoms with Gasteiger partial charge in [-0.05, 0) is 36.4 Å². The maximum Gasteiger partial charge on any atom is 0.328 e. The van der Waals surface area contributed by atoms with Crippen LogP contribution in [0.15, 0.2) is 53.7 Å². The van der Waals surface area contributed by atoms with E-state index in [9.17, 15) is 17.4 Å². The summed E-state index contributed by atoms with van der Waals surface area (Å²) in [6.45, 7) is 0.293. The fourth-order valence-corrected chi connectivity index (χ4v) is 2.93. The van der Waals surface area contributed by atoms with E-state index in [4.69, 9.17) is 4.74 Å². The second kappa shape index (κ2) is 5.98. The highest BCUT2D eigenvalue weighted by Crippen LogP contribution is 2.19. The zero-order valence-corrected chi connectivity index (χ0v) is 12.7. The highest BCUT2D eigenvalue weighted by molar-refractivity contribution is 7.85. The normalized spacial score (nSPS) is 11.7. The van der Waals surface area contributed by atoms with Crippen molar-refractivity contribution >= 4 is 21.2 Å². The Morgan fingerprint density at radius 2 is 1.83 bits per heavy atom. The summed E-state index contributed by atoms with van der Waals surface area (Å²) in [7, 11) is -4.45. The van der Waals surface area contributed by atoms with Crippen molar-refractivity contribution in [3.63, 3.8) is 0 Å². The summed E-state index contributed by atoms with van der Waals surface area (Å²) in [6, 6.07) is 12.3.